The molecule has 5 nitrogen and oxygen atoms in total. The molecule has 0 aromatic heterocycles. The van der Waals surface area contributed by atoms with Gasteiger partial charge in [-0.1, -0.05) is 30.7 Å². The SMILES string of the molecule is O=C(NNC(=S)NC1CC2CCC1C2)c1cc2ccccc2cc1O. The van der Waals surface area contributed by atoms with E-state index in [9.17, 15) is 9.90 Å². The van der Waals surface area contributed by atoms with E-state index in [0.29, 0.717) is 17.1 Å². The van der Waals surface area contributed by atoms with E-state index < -0.39 is 5.91 Å². The molecule has 2 saturated carbocycles. The van der Waals surface area contributed by atoms with Gasteiger partial charge in [-0.25, -0.2) is 0 Å². The summed E-state index contributed by atoms with van der Waals surface area (Å²) in [5.41, 5.74) is 5.54. The third kappa shape index (κ3) is 3.26. The zero-order valence-corrected chi connectivity index (χ0v) is 14.6. The highest BCUT2D eigenvalue weighted by Gasteiger charge is 2.39. The number of amides is 1. The molecule has 0 spiro atoms. The minimum Gasteiger partial charge on any atom is -0.507 e. The highest BCUT2D eigenvalue weighted by molar-refractivity contribution is 7.80. The lowest BCUT2D eigenvalue weighted by Gasteiger charge is -2.24. The van der Waals surface area contributed by atoms with E-state index in [1.807, 2.05) is 24.3 Å². The average Bonchev–Trinajstić information content (AvgIpc) is 3.22. The second kappa shape index (κ2) is 6.52. The number of fused-ring (bicyclic) bond motifs is 3. The number of hydrogen-bond acceptors (Lipinski definition) is 3. The first kappa shape index (κ1) is 16.1. The van der Waals surface area contributed by atoms with Crippen molar-refractivity contribution in [1.82, 2.24) is 16.2 Å². The van der Waals surface area contributed by atoms with Gasteiger partial charge in [-0.15, -0.1) is 0 Å². The fourth-order valence-electron chi connectivity index (χ4n) is 4.22. The quantitative estimate of drug-likeness (QED) is 0.492. The first-order valence-electron chi connectivity index (χ1n) is 8.69. The van der Waals surface area contributed by atoms with Crippen LogP contribution in [0, 0.1) is 11.8 Å². The van der Waals surface area contributed by atoms with Crippen molar-refractivity contribution in [2.75, 3.05) is 0 Å². The Morgan fingerprint density at radius 2 is 1.84 bits per heavy atom. The van der Waals surface area contributed by atoms with Crippen molar-refractivity contribution in [3.8, 4) is 5.75 Å². The molecular formula is C19H21N3O2S. The maximum atomic E-state index is 12.4. The lowest BCUT2D eigenvalue weighted by Crippen LogP contribution is -2.50. The maximum Gasteiger partial charge on any atom is 0.273 e. The van der Waals surface area contributed by atoms with Crippen LogP contribution in [0.3, 0.4) is 0 Å². The van der Waals surface area contributed by atoms with Crippen LogP contribution in [0.25, 0.3) is 10.8 Å². The Hall–Kier alpha value is -2.34. The second-order valence-electron chi connectivity index (χ2n) is 7.05. The van der Waals surface area contributed by atoms with Crippen molar-refractivity contribution < 1.29 is 9.90 Å². The van der Waals surface area contributed by atoms with E-state index in [0.717, 1.165) is 23.1 Å². The summed E-state index contributed by atoms with van der Waals surface area (Å²) in [6.45, 7) is 0. The molecule has 2 fully saturated rings. The molecule has 6 heteroatoms. The Bertz CT molecular complexity index is 839. The molecule has 2 aromatic carbocycles. The minimum atomic E-state index is -0.416. The van der Waals surface area contributed by atoms with Crippen molar-refractivity contribution >= 4 is 34.0 Å². The summed E-state index contributed by atoms with van der Waals surface area (Å²) in [5, 5.41) is 15.6. The molecule has 0 radical (unpaired) electrons. The van der Waals surface area contributed by atoms with Gasteiger partial charge in [0.15, 0.2) is 5.11 Å². The van der Waals surface area contributed by atoms with Crippen LogP contribution in [0.1, 0.15) is 36.0 Å². The Labute approximate surface area is 151 Å². The number of phenols is 1. The fourth-order valence-corrected chi connectivity index (χ4v) is 4.42. The number of nitrogens with one attached hydrogen (secondary N) is 3. The summed E-state index contributed by atoms with van der Waals surface area (Å²) in [6, 6.07) is 11.3. The summed E-state index contributed by atoms with van der Waals surface area (Å²) < 4.78 is 0. The minimum absolute atomic E-state index is 0.0509. The van der Waals surface area contributed by atoms with E-state index >= 15 is 0 Å². The topological polar surface area (TPSA) is 73.4 Å². The number of hydrogen-bond donors (Lipinski definition) is 4. The monoisotopic (exact) mass is 355 g/mol. The first-order chi connectivity index (χ1) is 12.1. The van der Waals surface area contributed by atoms with Crippen molar-refractivity contribution in [3.05, 3.63) is 42.0 Å². The number of carbonyl (C=O) groups excluding carboxylic acids is 1. The average molecular weight is 355 g/mol. The van der Waals surface area contributed by atoms with Gasteiger partial charge in [-0.05, 0) is 66.2 Å². The van der Waals surface area contributed by atoms with Gasteiger partial charge in [0.05, 0.1) is 5.56 Å². The number of phenolic OH excluding ortho intramolecular Hbond substituents is 1. The van der Waals surface area contributed by atoms with Gasteiger partial charge in [0.1, 0.15) is 5.75 Å². The first-order valence-corrected chi connectivity index (χ1v) is 9.09. The molecule has 1 amide bonds. The van der Waals surface area contributed by atoms with E-state index in [4.69, 9.17) is 12.2 Å². The zero-order valence-electron chi connectivity index (χ0n) is 13.8. The molecule has 3 atom stereocenters. The van der Waals surface area contributed by atoms with Gasteiger partial charge in [0, 0.05) is 6.04 Å². The Kier molecular flexibility index (Phi) is 4.21. The van der Waals surface area contributed by atoms with Crippen molar-refractivity contribution in [2.24, 2.45) is 11.8 Å². The highest BCUT2D eigenvalue weighted by Crippen LogP contribution is 2.44. The van der Waals surface area contributed by atoms with Crippen LogP contribution < -0.4 is 16.2 Å². The summed E-state index contributed by atoms with van der Waals surface area (Å²) >= 11 is 5.29. The third-order valence-corrected chi connectivity index (χ3v) is 5.67. The Morgan fingerprint density at radius 1 is 1.08 bits per heavy atom. The Morgan fingerprint density at radius 3 is 2.52 bits per heavy atom. The molecule has 25 heavy (non-hydrogen) atoms. The van der Waals surface area contributed by atoms with E-state index in [-0.39, 0.29) is 11.3 Å². The van der Waals surface area contributed by atoms with Crippen molar-refractivity contribution in [3.63, 3.8) is 0 Å². The summed E-state index contributed by atoms with van der Waals surface area (Å²) in [7, 11) is 0. The number of carbonyl (C=O) groups is 1. The number of aromatic hydroxyl groups is 1. The van der Waals surface area contributed by atoms with E-state index in [2.05, 4.69) is 16.2 Å². The number of hydrazine groups is 1. The predicted octanol–water partition coefficient (Wildman–Crippen LogP) is 2.84. The van der Waals surface area contributed by atoms with Crippen LogP contribution in [0.15, 0.2) is 36.4 Å². The van der Waals surface area contributed by atoms with Crippen LogP contribution in [0.4, 0.5) is 0 Å². The highest BCUT2D eigenvalue weighted by atomic mass is 32.1. The van der Waals surface area contributed by atoms with Crippen LogP contribution >= 0.6 is 12.2 Å². The summed E-state index contributed by atoms with van der Waals surface area (Å²) in [4.78, 5) is 12.4. The summed E-state index contributed by atoms with van der Waals surface area (Å²) in [6.07, 6.45) is 5.05. The normalized spacial score (nSPS) is 24.2. The lowest BCUT2D eigenvalue weighted by molar-refractivity contribution is 0.0941. The summed E-state index contributed by atoms with van der Waals surface area (Å²) in [5.74, 6) is 1.06. The largest absolute Gasteiger partial charge is 0.507 e. The number of benzene rings is 2. The maximum absolute atomic E-state index is 12.4. The number of thiocarbonyl (C=S) groups is 1. The van der Waals surface area contributed by atoms with E-state index in [1.165, 1.54) is 19.3 Å². The molecular weight excluding hydrogens is 334 g/mol. The molecule has 3 unspecified atom stereocenters. The molecule has 4 rings (SSSR count). The zero-order chi connectivity index (χ0) is 17.4. The molecule has 2 aliphatic rings. The molecule has 0 heterocycles. The molecule has 2 bridgehead atoms. The van der Waals surface area contributed by atoms with Gasteiger partial charge in [-0.3, -0.25) is 15.6 Å². The molecule has 2 aromatic rings. The molecule has 4 N–H and O–H groups in total. The van der Waals surface area contributed by atoms with E-state index in [1.54, 1.807) is 12.1 Å². The second-order valence-corrected chi connectivity index (χ2v) is 7.46. The smallest absolute Gasteiger partial charge is 0.273 e. The van der Waals surface area contributed by atoms with Gasteiger partial charge in [0.25, 0.3) is 5.91 Å². The molecule has 0 saturated heterocycles. The molecule has 0 aliphatic heterocycles. The fraction of sp³-hybridized carbons (Fsp3) is 0.368. The van der Waals surface area contributed by atoms with Crippen LogP contribution in [-0.4, -0.2) is 22.2 Å². The van der Waals surface area contributed by atoms with Crippen LogP contribution in [-0.2, 0) is 0 Å². The lowest BCUT2D eigenvalue weighted by atomic mass is 9.96. The van der Waals surface area contributed by atoms with Gasteiger partial charge < -0.3 is 10.4 Å². The third-order valence-electron chi connectivity index (χ3n) is 5.45. The van der Waals surface area contributed by atoms with Crippen molar-refractivity contribution in [2.45, 2.75) is 31.7 Å². The van der Waals surface area contributed by atoms with Gasteiger partial charge in [-0.2, -0.15) is 0 Å². The van der Waals surface area contributed by atoms with Crippen LogP contribution in [0.2, 0.25) is 0 Å². The predicted molar refractivity (Wildman–Crippen MR) is 101 cm³/mol. The van der Waals surface area contributed by atoms with Crippen molar-refractivity contribution in [1.29, 1.82) is 0 Å². The Balaban J connectivity index is 1.37. The number of rotatable bonds is 2. The van der Waals surface area contributed by atoms with Crippen LogP contribution in [0.5, 0.6) is 5.75 Å². The van der Waals surface area contributed by atoms with Gasteiger partial charge in [0.2, 0.25) is 0 Å². The molecule has 130 valence electrons. The van der Waals surface area contributed by atoms with Gasteiger partial charge >= 0.3 is 0 Å². The standard InChI is InChI=1S/C19H21N3O2S/c23-17-10-13-4-2-1-3-12(13)9-15(17)18(24)21-22-19(25)20-16-8-11-5-6-14(16)7-11/h1-4,9-11,14,16,23H,5-8H2,(H,21,24)(H2,20,22,25). The molecule has 2 aliphatic carbocycles.